The van der Waals surface area contributed by atoms with E-state index in [2.05, 4.69) is 26.8 Å². The van der Waals surface area contributed by atoms with Gasteiger partial charge in [-0.1, -0.05) is 30.7 Å². The molecule has 0 aromatic rings. The Morgan fingerprint density at radius 2 is 2.03 bits per heavy atom. The van der Waals surface area contributed by atoms with Crippen LogP contribution < -0.4 is 0 Å². The Hall–Kier alpha value is -1.17. The lowest BCUT2D eigenvalue weighted by Gasteiger charge is -2.22. The lowest BCUT2D eigenvalue weighted by molar-refractivity contribution is -0.137. The summed E-state index contributed by atoms with van der Waals surface area (Å²) in [7, 11) is 0. The van der Waals surface area contributed by atoms with E-state index in [9.17, 15) is 15.0 Å². The molecule has 0 aromatic carbocycles. The van der Waals surface area contributed by atoms with Crippen molar-refractivity contribution in [2.24, 2.45) is 23.7 Å². The van der Waals surface area contributed by atoms with Gasteiger partial charge in [0.2, 0.25) is 0 Å². The van der Waals surface area contributed by atoms with Gasteiger partial charge in [0.1, 0.15) is 0 Å². The molecular formula is C24H40O5. The van der Waals surface area contributed by atoms with Crippen LogP contribution in [0.3, 0.4) is 0 Å². The van der Waals surface area contributed by atoms with Crippen LogP contribution in [0.15, 0.2) is 23.8 Å². The Kier molecular flexibility index (Phi) is 9.87. The number of aliphatic carboxylic acids is 1. The van der Waals surface area contributed by atoms with Crippen molar-refractivity contribution in [3.05, 3.63) is 23.8 Å². The average Bonchev–Trinajstić information content (AvgIpc) is 2.81. The minimum atomic E-state index is -0.738. The van der Waals surface area contributed by atoms with Crippen molar-refractivity contribution in [3.8, 4) is 0 Å². The van der Waals surface area contributed by atoms with Crippen LogP contribution >= 0.6 is 0 Å². The first-order chi connectivity index (χ1) is 13.8. The number of ether oxygens (including phenoxy) is 1. The SMILES string of the molecule is CC(C)=CCCC(C)C(O)/C=C/[C@@H]1[C@H]2CC[C@H](CCCC(=O)O)CO[C@H]2C[C@H]1O. The van der Waals surface area contributed by atoms with E-state index in [-0.39, 0.29) is 30.3 Å². The monoisotopic (exact) mass is 408 g/mol. The maximum absolute atomic E-state index is 10.7. The van der Waals surface area contributed by atoms with Gasteiger partial charge in [-0.15, -0.1) is 0 Å². The summed E-state index contributed by atoms with van der Waals surface area (Å²) in [5.41, 5.74) is 1.30. The summed E-state index contributed by atoms with van der Waals surface area (Å²) in [4.78, 5) is 10.7. The van der Waals surface area contributed by atoms with E-state index in [1.807, 2.05) is 12.2 Å². The molecule has 1 saturated carbocycles. The van der Waals surface area contributed by atoms with Gasteiger partial charge < -0.3 is 20.1 Å². The lowest BCUT2D eigenvalue weighted by Crippen LogP contribution is -2.22. The fraction of sp³-hybridized carbons (Fsp3) is 0.792. The lowest BCUT2D eigenvalue weighted by atomic mass is 9.86. The molecule has 7 atom stereocenters. The van der Waals surface area contributed by atoms with Gasteiger partial charge >= 0.3 is 5.97 Å². The molecule has 2 rings (SSSR count). The Bertz CT molecular complexity index is 566. The Balaban J connectivity index is 1.86. The molecule has 1 aliphatic heterocycles. The minimum Gasteiger partial charge on any atom is -0.481 e. The highest BCUT2D eigenvalue weighted by molar-refractivity contribution is 5.66. The molecule has 0 aromatic heterocycles. The molecule has 1 aliphatic carbocycles. The number of carbonyl (C=O) groups is 1. The quantitative estimate of drug-likeness (QED) is 0.468. The third-order valence-electron chi connectivity index (χ3n) is 6.64. The van der Waals surface area contributed by atoms with Crippen molar-refractivity contribution < 1.29 is 24.9 Å². The molecule has 5 nitrogen and oxygen atoms in total. The van der Waals surface area contributed by atoms with Crippen molar-refractivity contribution >= 4 is 5.97 Å². The summed E-state index contributed by atoms with van der Waals surface area (Å²) >= 11 is 0. The summed E-state index contributed by atoms with van der Waals surface area (Å²) in [5.74, 6) is 0.150. The molecule has 1 saturated heterocycles. The first-order valence-corrected chi connectivity index (χ1v) is 11.3. The van der Waals surface area contributed by atoms with Crippen molar-refractivity contribution in [1.29, 1.82) is 0 Å². The van der Waals surface area contributed by atoms with Gasteiger partial charge in [-0.2, -0.15) is 0 Å². The molecule has 0 radical (unpaired) electrons. The number of hydrogen-bond acceptors (Lipinski definition) is 4. The maximum atomic E-state index is 10.7. The molecule has 5 heteroatoms. The highest BCUT2D eigenvalue weighted by atomic mass is 16.5. The second-order valence-electron chi connectivity index (χ2n) is 9.36. The molecular weight excluding hydrogens is 368 g/mol. The fourth-order valence-electron chi connectivity index (χ4n) is 4.72. The summed E-state index contributed by atoms with van der Waals surface area (Å²) in [6, 6.07) is 0. The highest BCUT2D eigenvalue weighted by Crippen LogP contribution is 2.42. The number of allylic oxidation sites excluding steroid dienone is 2. The van der Waals surface area contributed by atoms with Crippen molar-refractivity contribution in [3.63, 3.8) is 0 Å². The highest BCUT2D eigenvalue weighted by Gasteiger charge is 2.43. The molecule has 0 amide bonds. The molecule has 166 valence electrons. The third-order valence-corrected chi connectivity index (χ3v) is 6.64. The predicted molar refractivity (Wildman–Crippen MR) is 115 cm³/mol. The predicted octanol–water partition coefficient (Wildman–Crippen LogP) is 4.33. The largest absolute Gasteiger partial charge is 0.481 e. The van der Waals surface area contributed by atoms with Crippen LogP contribution in [0, 0.1) is 23.7 Å². The van der Waals surface area contributed by atoms with Crippen molar-refractivity contribution in [2.45, 2.75) is 90.4 Å². The minimum absolute atomic E-state index is 0.0254. The number of rotatable bonds is 10. The first kappa shape index (κ1) is 24.1. The summed E-state index contributed by atoms with van der Waals surface area (Å²) in [6.45, 7) is 6.90. The second-order valence-corrected chi connectivity index (χ2v) is 9.36. The van der Waals surface area contributed by atoms with E-state index >= 15 is 0 Å². The van der Waals surface area contributed by atoms with E-state index in [1.165, 1.54) is 5.57 Å². The molecule has 2 fully saturated rings. The zero-order chi connectivity index (χ0) is 21.4. The van der Waals surface area contributed by atoms with Gasteiger partial charge in [0, 0.05) is 25.4 Å². The summed E-state index contributed by atoms with van der Waals surface area (Å²) in [6.07, 6.45) is 11.6. The Morgan fingerprint density at radius 3 is 2.72 bits per heavy atom. The van der Waals surface area contributed by atoms with Crippen LogP contribution in [0.4, 0.5) is 0 Å². The van der Waals surface area contributed by atoms with Crippen LogP contribution in [0.1, 0.15) is 72.1 Å². The van der Waals surface area contributed by atoms with Crippen molar-refractivity contribution in [2.75, 3.05) is 6.61 Å². The zero-order valence-corrected chi connectivity index (χ0v) is 18.3. The standard InChI is InChI=1S/C24H40O5/c1-16(2)6-4-7-17(3)21(25)13-12-19-20-11-10-18(8-5-9-24(27)28)15-29-23(20)14-22(19)26/h6,12-13,17-23,25-26H,4-5,7-11,14-15H2,1-3H3,(H,27,28)/b13-12+/t17?,18-,19+,20+,21?,22+,23-/m0/s1. The summed E-state index contributed by atoms with van der Waals surface area (Å²) in [5, 5.41) is 29.9. The number of hydrogen-bond donors (Lipinski definition) is 3. The van der Waals surface area contributed by atoms with Gasteiger partial charge in [0.25, 0.3) is 0 Å². The maximum Gasteiger partial charge on any atom is 0.303 e. The number of aliphatic hydroxyl groups excluding tert-OH is 2. The first-order valence-electron chi connectivity index (χ1n) is 11.3. The number of carboxylic acid groups (broad SMARTS) is 1. The van der Waals surface area contributed by atoms with Gasteiger partial charge in [0.15, 0.2) is 0 Å². The molecule has 2 aliphatic rings. The molecule has 0 bridgehead atoms. The number of fused-ring (bicyclic) bond motifs is 1. The number of aliphatic hydroxyl groups is 2. The average molecular weight is 409 g/mol. The van der Waals surface area contributed by atoms with E-state index in [4.69, 9.17) is 9.84 Å². The van der Waals surface area contributed by atoms with E-state index in [0.717, 1.165) is 32.1 Å². The molecule has 29 heavy (non-hydrogen) atoms. The molecule has 3 N–H and O–H groups in total. The Morgan fingerprint density at radius 1 is 1.28 bits per heavy atom. The Labute approximate surface area is 175 Å². The zero-order valence-electron chi connectivity index (χ0n) is 18.3. The smallest absolute Gasteiger partial charge is 0.303 e. The molecule has 0 spiro atoms. The van der Waals surface area contributed by atoms with E-state index < -0.39 is 18.2 Å². The molecule has 2 unspecified atom stereocenters. The molecule has 1 heterocycles. The topological polar surface area (TPSA) is 87.0 Å². The van der Waals surface area contributed by atoms with Crippen LogP contribution in [0.2, 0.25) is 0 Å². The van der Waals surface area contributed by atoms with Crippen LogP contribution in [-0.2, 0) is 9.53 Å². The van der Waals surface area contributed by atoms with Gasteiger partial charge in [0.05, 0.1) is 18.3 Å². The normalized spacial score (nSPS) is 31.8. The van der Waals surface area contributed by atoms with Crippen LogP contribution in [0.5, 0.6) is 0 Å². The van der Waals surface area contributed by atoms with Crippen LogP contribution in [-0.4, -0.2) is 46.2 Å². The van der Waals surface area contributed by atoms with Crippen LogP contribution in [0.25, 0.3) is 0 Å². The third kappa shape index (κ3) is 7.88. The fourth-order valence-corrected chi connectivity index (χ4v) is 4.72. The van der Waals surface area contributed by atoms with Gasteiger partial charge in [-0.3, -0.25) is 4.79 Å². The van der Waals surface area contributed by atoms with Gasteiger partial charge in [-0.05, 0) is 70.1 Å². The van der Waals surface area contributed by atoms with Gasteiger partial charge in [-0.25, -0.2) is 0 Å². The second kappa shape index (κ2) is 11.9. The summed E-state index contributed by atoms with van der Waals surface area (Å²) < 4.78 is 6.12. The van der Waals surface area contributed by atoms with Crippen molar-refractivity contribution in [1.82, 2.24) is 0 Å². The van der Waals surface area contributed by atoms with E-state index in [0.29, 0.717) is 25.4 Å². The number of carboxylic acids is 1. The van der Waals surface area contributed by atoms with E-state index in [1.54, 1.807) is 0 Å².